The third kappa shape index (κ3) is 4.02. The molecule has 3 aromatic carbocycles. The van der Waals surface area contributed by atoms with Gasteiger partial charge in [0.25, 0.3) is 5.91 Å². The Morgan fingerprint density at radius 3 is 2.64 bits per heavy atom. The molecule has 0 spiro atoms. The van der Waals surface area contributed by atoms with E-state index in [1.54, 1.807) is 11.4 Å². The molecule has 3 nitrogen and oxygen atoms in total. The molecule has 1 aromatic heterocycles. The summed E-state index contributed by atoms with van der Waals surface area (Å²) in [6, 6.07) is 18.4. The Balaban J connectivity index is 1.42. The van der Waals surface area contributed by atoms with Gasteiger partial charge in [0.2, 0.25) is 0 Å². The minimum Gasteiger partial charge on any atom is -0.489 e. The van der Waals surface area contributed by atoms with Crippen molar-refractivity contribution in [3.05, 3.63) is 94.2 Å². The average molecular weight is 395 g/mol. The first-order valence-electron chi connectivity index (χ1n) is 8.54. The molecule has 0 aliphatic heterocycles. The second-order valence-corrected chi connectivity index (χ2v) is 7.11. The fourth-order valence-electron chi connectivity index (χ4n) is 2.77. The molecule has 0 atom stereocenters. The summed E-state index contributed by atoms with van der Waals surface area (Å²) in [5.41, 5.74) is 0.635. The van der Waals surface area contributed by atoms with Gasteiger partial charge in [0.1, 0.15) is 24.0 Å². The molecule has 0 aliphatic rings. The van der Waals surface area contributed by atoms with Crippen LogP contribution in [0.5, 0.6) is 5.75 Å². The monoisotopic (exact) mass is 395 g/mol. The van der Waals surface area contributed by atoms with Crippen LogP contribution >= 0.6 is 11.3 Å². The topological polar surface area (TPSA) is 38.3 Å². The highest BCUT2D eigenvalue weighted by atomic mass is 32.1. The second-order valence-electron chi connectivity index (χ2n) is 6.20. The normalized spacial score (nSPS) is 10.8. The Labute approximate surface area is 164 Å². The molecule has 28 heavy (non-hydrogen) atoms. The fraction of sp³-hybridized carbons (Fsp3) is 0.0455. The van der Waals surface area contributed by atoms with Crippen molar-refractivity contribution in [3.63, 3.8) is 0 Å². The summed E-state index contributed by atoms with van der Waals surface area (Å²) in [7, 11) is 0. The predicted octanol–water partition coefficient (Wildman–Crippen LogP) is 6.01. The third-order valence-corrected chi connectivity index (χ3v) is 5.16. The smallest absolute Gasteiger partial charge is 0.265 e. The molecule has 0 unspecified atom stereocenters. The van der Waals surface area contributed by atoms with Crippen molar-refractivity contribution in [1.82, 2.24) is 0 Å². The van der Waals surface area contributed by atoms with Gasteiger partial charge < -0.3 is 10.1 Å². The van der Waals surface area contributed by atoms with Crippen molar-refractivity contribution in [2.75, 3.05) is 5.32 Å². The molecular formula is C22H15F2NO2S. The average Bonchev–Trinajstić information content (AvgIpc) is 3.18. The van der Waals surface area contributed by atoms with Crippen LogP contribution in [0.25, 0.3) is 10.8 Å². The summed E-state index contributed by atoms with van der Waals surface area (Å²) in [5.74, 6) is -1.07. The number of fused-ring (bicyclic) bond motifs is 1. The summed E-state index contributed by atoms with van der Waals surface area (Å²) in [5, 5.41) is 6.41. The molecule has 0 fully saturated rings. The minimum atomic E-state index is -0.689. The Hall–Kier alpha value is -3.25. The summed E-state index contributed by atoms with van der Waals surface area (Å²) >= 11 is 1.22. The summed E-state index contributed by atoms with van der Waals surface area (Å²) in [6.07, 6.45) is 0. The number of hydrogen-bond acceptors (Lipinski definition) is 3. The van der Waals surface area contributed by atoms with Crippen molar-refractivity contribution in [2.45, 2.75) is 6.61 Å². The molecule has 1 heterocycles. The van der Waals surface area contributed by atoms with E-state index in [9.17, 15) is 13.6 Å². The fourth-order valence-corrected chi connectivity index (χ4v) is 3.56. The van der Waals surface area contributed by atoms with Crippen LogP contribution in [-0.4, -0.2) is 5.91 Å². The van der Waals surface area contributed by atoms with Crippen LogP contribution in [0.15, 0.2) is 72.1 Å². The van der Waals surface area contributed by atoms with E-state index in [2.05, 4.69) is 5.32 Å². The number of amides is 1. The van der Waals surface area contributed by atoms with Crippen LogP contribution in [0.3, 0.4) is 0 Å². The van der Waals surface area contributed by atoms with Crippen molar-refractivity contribution >= 4 is 33.7 Å². The lowest BCUT2D eigenvalue weighted by molar-refractivity contribution is 0.103. The van der Waals surface area contributed by atoms with E-state index in [-0.39, 0.29) is 5.69 Å². The van der Waals surface area contributed by atoms with Crippen LogP contribution in [0.1, 0.15) is 15.2 Å². The number of nitrogens with one attached hydrogen (secondary N) is 1. The number of ether oxygens (including phenoxy) is 1. The van der Waals surface area contributed by atoms with E-state index in [0.717, 1.165) is 40.3 Å². The van der Waals surface area contributed by atoms with Gasteiger partial charge >= 0.3 is 0 Å². The lowest BCUT2D eigenvalue weighted by atomic mass is 10.1. The molecule has 0 saturated carbocycles. The second kappa shape index (κ2) is 7.78. The summed E-state index contributed by atoms with van der Waals surface area (Å²) in [4.78, 5) is 12.7. The van der Waals surface area contributed by atoms with Gasteiger partial charge in [-0.15, -0.1) is 11.3 Å². The zero-order valence-corrected chi connectivity index (χ0v) is 15.4. The summed E-state index contributed by atoms with van der Waals surface area (Å²) < 4.78 is 32.7. The minimum absolute atomic E-state index is 0.188. The molecule has 4 rings (SSSR count). The Morgan fingerprint density at radius 2 is 1.79 bits per heavy atom. The number of hydrogen-bond donors (Lipinski definition) is 1. The maximum absolute atomic E-state index is 13.7. The maximum Gasteiger partial charge on any atom is 0.265 e. The number of anilines is 1. The van der Waals surface area contributed by atoms with Gasteiger partial charge in [-0.3, -0.25) is 4.79 Å². The molecular weight excluding hydrogens is 380 g/mol. The van der Waals surface area contributed by atoms with Crippen molar-refractivity contribution in [3.8, 4) is 5.75 Å². The van der Waals surface area contributed by atoms with Crippen LogP contribution in [-0.2, 0) is 6.61 Å². The summed E-state index contributed by atoms with van der Waals surface area (Å²) in [6.45, 7) is 0.302. The number of carbonyl (C=O) groups is 1. The lowest BCUT2D eigenvalue weighted by Gasteiger charge is -2.06. The van der Waals surface area contributed by atoms with Gasteiger partial charge in [0.15, 0.2) is 0 Å². The molecule has 1 amide bonds. The molecule has 0 bridgehead atoms. The van der Waals surface area contributed by atoms with Gasteiger partial charge in [-0.1, -0.05) is 30.3 Å². The predicted molar refractivity (Wildman–Crippen MR) is 107 cm³/mol. The van der Waals surface area contributed by atoms with Crippen LogP contribution in [0, 0.1) is 11.6 Å². The first kappa shape index (κ1) is 18.1. The molecule has 1 N–H and O–H groups in total. The van der Waals surface area contributed by atoms with Crippen molar-refractivity contribution < 1.29 is 18.3 Å². The number of rotatable bonds is 5. The van der Waals surface area contributed by atoms with E-state index in [0.29, 0.717) is 11.5 Å². The number of halogens is 2. The molecule has 0 saturated heterocycles. The zero-order valence-electron chi connectivity index (χ0n) is 14.6. The van der Waals surface area contributed by atoms with Crippen molar-refractivity contribution in [1.29, 1.82) is 0 Å². The molecule has 6 heteroatoms. The van der Waals surface area contributed by atoms with E-state index < -0.39 is 17.5 Å². The first-order valence-corrected chi connectivity index (χ1v) is 9.42. The molecule has 0 radical (unpaired) electrons. The largest absolute Gasteiger partial charge is 0.489 e. The van der Waals surface area contributed by atoms with Gasteiger partial charge in [0.05, 0.1) is 10.6 Å². The van der Waals surface area contributed by atoms with Gasteiger partial charge in [0, 0.05) is 11.6 Å². The van der Waals surface area contributed by atoms with E-state index in [1.807, 2.05) is 42.5 Å². The van der Waals surface area contributed by atoms with Gasteiger partial charge in [-0.25, -0.2) is 8.78 Å². The number of thiophene rings is 1. The van der Waals surface area contributed by atoms with Crippen LogP contribution in [0.4, 0.5) is 14.5 Å². The van der Waals surface area contributed by atoms with E-state index >= 15 is 0 Å². The van der Waals surface area contributed by atoms with E-state index in [4.69, 9.17) is 4.74 Å². The van der Waals surface area contributed by atoms with E-state index in [1.165, 1.54) is 11.3 Å². The standard InChI is InChI=1S/C22H15F2NO2S/c23-17-6-8-19(24)20(11-17)25-22(26)21-9-14(13-28-21)12-27-18-7-5-15-3-1-2-4-16(15)10-18/h1-11,13H,12H2,(H,25,26). The number of benzene rings is 3. The van der Waals surface area contributed by atoms with Crippen LogP contribution < -0.4 is 10.1 Å². The molecule has 4 aromatic rings. The highest BCUT2D eigenvalue weighted by Gasteiger charge is 2.13. The van der Waals surface area contributed by atoms with Crippen molar-refractivity contribution in [2.24, 2.45) is 0 Å². The quantitative estimate of drug-likeness (QED) is 0.449. The third-order valence-electron chi connectivity index (χ3n) is 4.18. The Bertz CT molecular complexity index is 1160. The Kier molecular flexibility index (Phi) is 5.04. The number of carbonyl (C=O) groups excluding carboxylic acids is 1. The van der Waals surface area contributed by atoms with Gasteiger partial charge in [-0.05, 0) is 46.5 Å². The SMILES string of the molecule is O=C(Nc1cc(F)ccc1F)c1cc(COc2ccc3ccccc3c2)cs1. The van der Waals surface area contributed by atoms with Crippen LogP contribution in [0.2, 0.25) is 0 Å². The Morgan fingerprint density at radius 1 is 0.964 bits per heavy atom. The lowest BCUT2D eigenvalue weighted by Crippen LogP contribution is -2.11. The first-order chi connectivity index (χ1) is 13.6. The zero-order chi connectivity index (χ0) is 19.5. The highest BCUT2D eigenvalue weighted by Crippen LogP contribution is 2.23. The maximum atomic E-state index is 13.7. The molecule has 140 valence electrons. The molecule has 0 aliphatic carbocycles. The van der Waals surface area contributed by atoms with Gasteiger partial charge in [-0.2, -0.15) is 0 Å². The highest BCUT2D eigenvalue weighted by molar-refractivity contribution is 7.12.